The summed E-state index contributed by atoms with van der Waals surface area (Å²) in [5.41, 5.74) is 1.25. The Labute approximate surface area is 133 Å². The minimum absolute atomic E-state index is 0.215. The number of hydrogen-bond donors (Lipinski definition) is 1. The lowest BCUT2D eigenvalue weighted by atomic mass is 10.2. The molecule has 1 aliphatic heterocycles. The highest BCUT2D eigenvalue weighted by atomic mass is 35.5. The Morgan fingerprint density at radius 3 is 2.57 bits per heavy atom. The molecule has 5 nitrogen and oxygen atoms in total. The Morgan fingerprint density at radius 1 is 1.19 bits per heavy atom. The highest BCUT2D eigenvalue weighted by molar-refractivity contribution is 7.18. The zero-order chi connectivity index (χ0) is 15.0. The van der Waals surface area contributed by atoms with Gasteiger partial charge in [0.25, 0.3) is 0 Å². The van der Waals surface area contributed by atoms with E-state index < -0.39 is 0 Å². The van der Waals surface area contributed by atoms with Crippen molar-refractivity contribution in [2.75, 3.05) is 44.2 Å². The van der Waals surface area contributed by atoms with Crippen LogP contribution in [0, 0.1) is 13.8 Å². The number of aliphatic hydroxyl groups is 1. The van der Waals surface area contributed by atoms with Gasteiger partial charge < -0.3 is 10.0 Å². The average Bonchev–Trinajstić information content (AvgIpc) is 2.74. The van der Waals surface area contributed by atoms with Crippen LogP contribution in [0.1, 0.15) is 10.4 Å². The van der Waals surface area contributed by atoms with Gasteiger partial charge in [-0.25, -0.2) is 4.98 Å². The number of fused-ring (bicyclic) bond motifs is 1. The van der Waals surface area contributed by atoms with Crippen LogP contribution in [0.4, 0.5) is 5.82 Å². The van der Waals surface area contributed by atoms with E-state index in [1.807, 2.05) is 0 Å². The Morgan fingerprint density at radius 2 is 1.90 bits per heavy atom. The molecule has 1 fully saturated rings. The SMILES string of the molecule is Cc1sc2nc(Cl)nc(N3CCN(CCO)CC3)c2c1C. The van der Waals surface area contributed by atoms with Crippen LogP contribution in [0.15, 0.2) is 0 Å². The number of thiophene rings is 1. The van der Waals surface area contributed by atoms with Crippen LogP contribution in [0.2, 0.25) is 5.28 Å². The smallest absolute Gasteiger partial charge is 0.225 e. The number of nitrogens with zero attached hydrogens (tertiary/aromatic N) is 4. The molecule has 2 aromatic rings. The van der Waals surface area contributed by atoms with Crippen molar-refractivity contribution in [1.82, 2.24) is 14.9 Å². The van der Waals surface area contributed by atoms with Gasteiger partial charge in [0.1, 0.15) is 10.6 Å². The fourth-order valence-electron chi connectivity index (χ4n) is 2.76. The summed E-state index contributed by atoms with van der Waals surface area (Å²) in [6.45, 7) is 8.86. The van der Waals surface area contributed by atoms with E-state index in [1.54, 1.807) is 11.3 Å². The van der Waals surface area contributed by atoms with Crippen molar-refractivity contribution < 1.29 is 5.11 Å². The first kappa shape index (κ1) is 15.0. The van der Waals surface area contributed by atoms with Gasteiger partial charge in [0.2, 0.25) is 5.28 Å². The molecule has 0 spiro atoms. The van der Waals surface area contributed by atoms with Gasteiger partial charge in [-0.3, -0.25) is 4.90 Å². The predicted octanol–water partition coefficient (Wildman–Crippen LogP) is 2.08. The van der Waals surface area contributed by atoms with Crippen molar-refractivity contribution in [3.05, 3.63) is 15.7 Å². The molecule has 0 bridgehead atoms. The summed E-state index contributed by atoms with van der Waals surface area (Å²) in [5.74, 6) is 0.954. The minimum atomic E-state index is 0.215. The van der Waals surface area contributed by atoms with Crippen LogP contribution in [-0.4, -0.2) is 59.3 Å². The highest BCUT2D eigenvalue weighted by Crippen LogP contribution is 2.35. The predicted molar refractivity (Wildman–Crippen MR) is 87.6 cm³/mol. The van der Waals surface area contributed by atoms with Gasteiger partial charge in [-0.2, -0.15) is 4.98 Å². The zero-order valence-corrected chi connectivity index (χ0v) is 13.8. The maximum absolute atomic E-state index is 9.03. The van der Waals surface area contributed by atoms with Crippen LogP contribution < -0.4 is 4.90 Å². The number of halogens is 1. The standard InChI is InChI=1S/C14H19ClN4OS/c1-9-10(2)21-13-11(9)12(16-14(15)17-13)19-5-3-18(4-6-19)7-8-20/h20H,3-8H2,1-2H3. The normalized spacial score (nSPS) is 16.9. The van der Waals surface area contributed by atoms with Gasteiger partial charge in [-0.05, 0) is 31.0 Å². The van der Waals surface area contributed by atoms with E-state index in [2.05, 4.69) is 33.6 Å². The number of anilines is 1. The second-order valence-corrected chi connectivity index (χ2v) is 6.87. The molecular formula is C14H19ClN4OS. The largest absolute Gasteiger partial charge is 0.395 e. The van der Waals surface area contributed by atoms with E-state index in [0.717, 1.165) is 48.8 Å². The summed E-state index contributed by atoms with van der Waals surface area (Å²) >= 11 is 7.77. The molecule has 0 aliphatic carbocycles. The maximum Gasteiger partial charge on any atom is 0.225 e. The van der Waals surface area contributed by atoms with Crippen molar-refractivity contribution in [3.63, 3.8) is 0 Å². The van der Waals surface area contributed by atoms with Gasteiger partial charge in [-0.15, -0.1) is 11.3 Å². The quantitative estimate of drug-likeness (QED) is 0.875. The molecule has 7 heteroatoms. The molecule has 21 heavy (non-hydrogen) atoms. The van der Waals surface area contributed by atoms with E-state index in [9.17, 15) is 0 Å². The topological polar surface area (TPSA) is 52.5 Å². The van der Waals surface area contributed by atoms with E-state index in [1.165, 1.54) is 10.4 Å². The molecule has 3 heterocycles. The molecule has 0 unspecified atom stereocenters. The molecule has 0 amide bonds. The summed E-state index contributed by atoms with van der Waals surface area (Å²) in [6.07, 6.45) is 0. The first-order valence-corrected chi connectivity index (χ1v) is 8.31. The average molecular weight is 327 g/mol. The molecule has 114 valence electrons. The summed E-state index contributed by atoms with van der Waals surface area (Å²) in [5, 5.41) is 10.5. The minimum Gasteiger partial charge on any atom is -0.395 e. The second kappa shape index (κ2) is 6.04. The van der Waals surface area contributed by atoms with Crippen molar-refractivity contribution in [1.29, 1.82) is 0 Å². The molecule has 1 N–H and O–H groups in total. The lowest BCUT2D eigenvalue weighted by molar-refractivity contribution is 0.188. The Hall–Kier alpha value is -0.950. The fraction of sp³-hybridized carbons (Fsp3) is 0.571. The lowest BCUT2D eigenvalue weighted by Gasteiger charge is -2.35. The molecule has 0 radical (unpaired) electrons. The summed E-state index contributed by atoms with van der Waals surface area (Å²) in [6, 6.07) is 0. The van der Waals surface area contributed by atoms with Gasteiger partial charge in [0, 0.05) is 37.6 Å². The van der Waals surface area contributed by atoms with Gasteiger partial charge in [0.15, 0.2) is 0 Å². The van der Waals surface area contributed by atoms with Crippen molar-refractivity contribution in [2.45, 2.75) is 13.8 Å². The molecule has 0 aromatic carbocycles. The van der Waals surface area contributed by atoms with Crippen LogP contribution in [0.5, 0.6) is 0 Å². The molecule has 0 saturated carbocycles. The van der Waals surface area contributed by atoms with Crippen LogP contribution in [0.3, 0.4) is 0 Å². The number of aromatic nitrogens is 2. The monoisotopic (exact) mass is 326 g/mol. The van der Waals surface area contributed by atoms with E-state index >= 15 is 0 Å². The van der Waals surface area contributed by atoms with Gasteiger partial charge >= 0.3 is 0 Å². The maximum atomic E-state index is 9.03. The van der Waals surface area contributed by atoms with Crippen LogP contribution in [-0.2, 0) is 0 Å². The zero-order valence-electron chi connectivity index (χ0n) is 12.3. The third-order valence-corrected chi connectivity index (χ3v) is 5.34. The summed E-state index contributed by atoms with van der Waals surface area (Å²) < 4.78 is 0. The fourth-order valence-corrected chi connectivity index (χ4v) is 4.00. The van der Waals surface area contributed by atoms with E-state index in [4.69, 9.17) is 16.7 Å². The van der Waals surface area contributed by atoms with Crippen molar-refractivity contribution >= 4 is 39.0 Å². The second-order valence-electron chi connectivity index (χ2n) is 5.33. The van der Waals surface area contributed by atoms with Crippen LogP contribution >= 0.6 is 22.9 Å². The van der Waals surface area contributed by atoms with Crippen LogP contribution in [0.25, 0.3) is 10.2 Å². The first-order valence-electron chi connectivity index (χ1n) is 7.11. The number of aliphatic hydroxyl groups excluding tert-OH is 1. The summed E-state index contributed by atoms with van der Waals surface area (Å²) in [7, 11) is 0. The van der Waals surface area contributed by atoms with Crippen molar-refractivity contribution in [2.24, 2.45) is 0 Å². The third kappa shape index (κ3) is 2.85. The highest BCUT2D eigenvalue weighted by Gasteiger charge is 2.22. The van der Waals surface area contributed by atoms with Gasteiger partial charge in [-0.1, -0.05) is 0 Å². The lowest BCUT2D eigenvalue weighted by Crippen LogP contribution is -2.47. The first-order chi connectivity index (χ1) is 10.1. The molecule has 1 aliphatic rings. The molecule has 0 atom stereocenters. The molecule has 1 saturated heterocycles. The van der Waals surface area contributed by atoms with Gasteiger partial charge in [0.05, 0.1) is 12.0 Å². The third-order valence-electron chi connectivity index (χ3n) is 4.07. The Bertz CT molecular complexity index is 652. The number of β-amino-alcohol motifs (C(OH)–C–C–N with tert-alkyl or cyclic N) is 1. The van der Waals surface area contributed by atoms with E-state index in [-0.39, 0.29) is 6.61 Å². The van der Waals surface area contributed by atoms with E-state index in [0.29, 0.717) is 5.28 Å². The molecule has 2 aromatic heterocycles. The Balaban J connectivity index is 1.94. The number of hydrogen-bond acceptors (Lipinski definition) is 6. The number of rotatable bonds is 3. The number of aryl methyl sites for hydroxylation is 2. The number of piperazine rings is 1. The molecule has 3 rings (SSSR count). The summed E-state index contributed by atoms with van der Waals surface area (Å²) in [4.78, 5) is 15.6. The Kier molecular flexibility index (Phi) is 4.31. The molecular weight excluding hydrogens is 308 g/mol. The van der Waals surface area contributed by atoms with Crippen molar-refractivity contribution in [3.8, 4) is 0 Å².